The van der Waals surface area contributed by atoms with Crippen LogP contribution in [-0.2, 0) is 13.8 Å². The van der Waals surface area contributed by atoms with Crippen LogP contribution in [0.3, 0.4) is 0 Å². The third kappa shape index (κ3) is 2.46. The van der Waals surface area contributed by atoms with Gasteiger partial charge in [0, 0.05) is 10.7 Å². The smallest absolute Gasteiger partial charge is 0.338 e. The zero-order valence-electron chi connectivity index (χ0n) is 9.21. The van der Waals surface area contributed by atoms with Gasteiger partial charge in [-0.3, -0.25) is 0 Å². The second-order valence-corrected chi connectivity index (χ2v) is 5.76. The summed E-state index contributed by atoms with van der Waals surface area (Å²) in [4.78, 5) is 15.2. The summed E-state index contributed by atoms with van der Waals surface area (Å²) >= 11 is 0. The van der Waals surface area contributed by atoms with Gasteiger partial charge in [-0.15, -0.1) is 0 Å². The topological polar surface area (TPSA) is 86.5 Å². The highest BCUT2D eigenvalue weighted by molar-refractivity contribution is 8.13. The zero-order chi connectivity index (χ0) is 13.3. The number of aromatic nitrogens is 1. The Morgan fingerprint density at radius 1 is 1.50 bits per heavy atom. The molecule has 0 aliphatic rings. The Balaban J connectivity index is 2.49. The van der Waals surface area contributed by atoms with E-state index in [0.29, 0.717) is 0 Å². The average molecular weight is 290 g/mol. The summed E-state index contributed by atoms with van der Waals surface area (Å²) in [6.07, 6.45) is 0. The first-order chi connectivity index (χ1) is 8.41. The van der Waals surface area contributed by atoms with Crippen molar-refractivity contribution in [3.63, 3.8) is 0 Å². The van der Waals surface area contributed by atoms with E-state index in [1.807, 2.05) is 0 Å². The number of rotatable bonds is 3. The minimum absolute atomic E-state index is 0.222. The number of carbonyl (C=O) groups excluding carboxylic acids is 1. The van der Waals surface area contributed by atoms with Crippen molar-refractivity contribution in [1.29, 1.82) is 0 Å². The van der Waals surface area contributed by atoms with Gasteiger partial charge in [-0.25, -0.2) is 13.2 Å². The summed E-state index contributed by atoms with van der Waals surface area (Å²) in [5.74, 6) is -0.516. The molecule has 1 aromatic heterocycles. The first-order valence-electron chi connectivity index (χ1n) is 4.94. The van der Waals surface area contributed by atoms with E-state index in [0.717, 1.165) is 0 Å². The quantitative estimate of drug-likeness (QED) is 0.634. The van der Waals surface area contributed by atoms with E-state index in [1.165, 1.54) is 18.2 Å². The van der Waals surface area contributed by atoms with E-state index in [-0.39, 0.29) is 23.3 Å². The number of hydrogen-bond acceptors (Lipinski definition) is 6. The first kappa shape index (κ1) is 12.8. The van der Waals surface area contributed by atoms with Gasteiger partial charge < -0.3 is 9.15 Å². The number of halogens is 1. The standard InChI is InChI=1S/C10H8ClNO5S/c1-2-16-9(13)6-3-4-8-7(5-6)12-10(17-8)18(11,14)15/h3-5H,2H2,1H3. The first-order valence-corrected chi connectivity index (χ1v) is 7.25. The maximum absolute atomic E-state index is 11.5. The predicted molar refractivity (Wildman–Crippen MR) is 63.0 cm³/mol. The highest BCUT2D eigenvalue weighted by atomic mass is 35.7. The number of esters is 1. The van der Waals surface area contributed by atoms with Gasteiger partial charge in [0.25, 0.3) is 0 Å². The Hall–Kier alpha value is -1.60. The molecule has 0 aliphatic heterocycles. The molecule has 0 spiro atoms. The minimum Gasteiger partial charge on any atom is -0.462 e. The average Bonchev–Trinajstić information content (AvgIpc) is 2.71. The van der Waals surface area contributed by atoms with Gasteiger partial charge in [-0.05, 0) is 25.1 Å². The normalized spacial score (nSPS) is 11.7. The number of carbonyl (C=O) groups is 1. The zero-order valence-corrected chi connectivity index (χ0v) is 10.8. The van der Waals surface area contributed by atoms with Gasteiger partial charge in [-0.1, -0.05) is 0 Å². The molecule has 0 unspecified atom stereocenters. The van der Waals surface area contributed by atoms with Crippen molar-refractivity contribution < 1.29 is 22.4 Å². The van der Waals surface area contributed by atoms with E-state index in [2.05, 4.69) is 4.98 Å². The van der Waals surface area contributed by atoms with Gasteiger partial charge in [0.05, 0.1) is 12.2 Å². The number of hydrogen-bond donors (Lipinski definition) is 0. The fraction of sp³-hybridized carbons (Fsp3) is 0.200. The highest BCUT2D eigenvalue weighted by Gasteiger charge is 2.19. The van der Waals surface area contributed by atoms with Crippen molar-refractivity contribution in [1.82, 2.24) is 4.98 Å². The molecule has 18 heavy (non-hydrogen) atoms. The van der Waals surface area contributed by atoms with Gasteiger partial charge in [0.1, 0.15) is 5.52 Å². The Bertz CT molecular complexity index is 706. The fourth-order valence-corrected chi connectivity index (χ4v) is 1.95. The lowest BCUT2D eigenvalue weighted by Gasteiger charge is -1.99. The number of benzene rings is 1. The third-order valence-corrected chi connectivity index (χ3v) is 3.08. The number of fused-ring (bicyclic) bond motifs is 1. The summed E-state index contributed by atoms with van der Waals surface area (Å²) in [6.45, 7) is 1.93. The molecular weight excluding hydrogens is 282 g/mol. The Labute approximate surface area is 107 Å². The Morgan fingerprint density at radius 2 is 2.22 bits per heavy atom. The monoisotopic (exact) mass is 289 g/mol. The van der Waals surface area contributed by atoms with Crippen LogP contribution in [0.25, 0.3) is 11.1 Å². The minimum atomic E-state index is -4.03. The van der Waals surface area contributed by atoms with Gasteiger partial charge in [0.2, 0.25) is 0 Å². The molecule has 1 aromatic carbocycles. The predicted octanol–water partition coefficient (Wildman–Crippen LogP) is 1.93. The summed E-state index contributed by atoms with van der Waals surface area (Å²) in [7, 11) is 1.08. The number of oxazole rings is 1. The second-order valence-electron chi connectivity index (χ2n) is 3.32. The van der Waals surface area contributed by atoms with Crippen LogP contribution in [-0.4, -0.2) is 26.0 Å². The van der Waals surface area contributed by atoms with Crippen LogP contribution in [0.1, 0.15) is 17.3 Å². The number of ether oxygens (including phenoxy) is 1. The summed E-state index contributed by atoms with van der Waals surface area (Å²) in [5, 5.41) is -0.597. The Kier molecular flexibility index (Phi) is 3.27. The maximum atomic E-state index is 11.5. The summed E-state index contributed by atoms with van der Waals surface area (Å²) in [6, 6.07) is 4.26. The van der Waals surface area contributed by atoms with Gasteiger partial charge in [0.15, 0.2) is 5.58 Å². The molecule has 8 heteroatoms. The molecule has 96 valence electrons. The third-order valence-electron chi connectivity index (χ3n) is 2.09. The maximum Gasteiger partial charge on any atom is 0.338 e. The van der Waals surface area contributed by atoms with E-state index in [9.17, 15) is 13.2 Å². The molecule has 6 nitrogen and oxygen atoms in total. The van der Waals surface area contributed by atoms with Crippen LogP contribution in [0.5, 0.6) is 0 Å². The van der Waals surface area contributed by atoms with Crippen molar-refractivity contribution in [3.05, 3.63) is 23.8 Å². The van der Waals surface area contributed by atoms with E-state index in [1.54, 1.807) is 6.92 Å². The van der Waals surface area contributed by atoms with E-state index >= 15 is 0 Å². The van der Waals surface area contributed by atoms with Crippen molar-refractivity contribution in [2.45, 2.75) is 12.1 Å². The van der Waals surface area contributed by atoms with Crippen molar-refractivity contribution in [2.24, 2.45) is 0 Å². The van der Waals surface area contributed by atoms with Crippen molar-refractivity contribution in [2.75, 3.05) is 6.61 Å². The number of nitrogens with zero attached hydrogens (tertiary/aromatic N) is 1. The molecule has 1 heterocycles. The van der Waals surface area contributed by atoms with Gasteiger partial charge in [-0.2, -0.15) is 4.98 Å². The van der Waals surface area contributed by atoms with Crippen LogP contribution in [0, 0.1) is 0 Å². The lowest BCUT2D eigenvalue weighted by Crippen LogP contribution is -2.03. The SMILES string of the molecule is CCOC(=O)c1ccc2oc(S(=O)(=O)Cl)nc2c1. The molecule has 0 bridgehead atoms. The molecule has 0 aliphatic carbocycles. The van der Waals surface area contributed by atoms with Crippen LogP contribution in [0.4, 0.5) is 0 Å². The van der Waals surface area contributed by atoms with Crippen molar-refractivity contribution >= 4 is 36.8 Å². The molecule has 2 rings (SSSR count). The van der Waals surface area contributed by atoms with E-state index < -0.39 is 20.2 Å². The van der Waals surface area contributed by atoms with Gasteiger partial charge >= 0.3 is 20.2 Å². The molecule has 2 aromatic rings. The molecular formula is C10H8ClNO5S. The van der Waals surface area contributed by atoms with E-state index in [4.69, 9.17) is 19.8 Å². The lowest BCUT2D eigenvalue weighted by atomic mass is 10.2. The van der Waals surface area contributed by atoms with Crippen LogP contribution >= 0.6 is 10.7 Å². The molecule has 0 N–H and O–H groups in total. The largest absolute Gasteiger partial charge is 0.462 e. The molecule has 0 saturated heterocycles. The molecule has 0 amide bonds. The lowest BCUT2D eigenvalue weighted by molar-refractivity contribution is 0.0526. The van der Waals surface area contributed by atoms with Crippen LogP contribution in [0.2, 0.25) is 0 Å². The second kappa shape index (κ2) is 4.58. The van der Waals surface area contributed by atoms with Crippen molar-refractivity contribution in [3.8, 4) is 0 Å². The highest BCUT2D eigenvalue weighted by Crippen LogP contribution is 2.22. The Morgan fingerprint density at radius 3 is 2.83 bits per heavy atom. The molecule has 0 radical (unpaired) electrons. The molecule has 0 atom stereocenters. The summed E-state index contributed by atoms with van der Waals surface area (Å²) in [5.41, 5.74) is 0.707. The fourth-order valence-electron chi connectivity index (χ4n) is 1.35. The van der Waals surface area contributed by atoms with Crippen LogP contribution in [0.15, 0.2) is 27.8 Å². The van der Waals surface area contributed by atoms with Crippen LogP contribution < -0.4 is 0 Å². The molecule has 0 fully saturated rings. The molecule has 0 saturated carbocycles. The summed E-state index contributed by atoms with van der Waals surface area (Å²) < 4.78 is 31.8.